The topological polar surface area (TPSA) is 87.0 Å². The number of allylic oxidation sites excluding steroid dienone is 1. The molecule has 0 aromatic heterocycles. The van der Waals surface area contributed by atoms with Crippen molar-refractivity contribution in [2.24, 2.45) is 0 Å². The van der Waals surface area contributed by atoms with Crippen LogP contribution in [-0.4, -0.2) is 40.5 Å². The van der Waals surface area contributed by atoms with Crippen LogP contribution in [0.15, 0.2) is 48.6 Å². The maximum absolute atomic E-state index is 11.3. The third-order valence-electron chi connectivity index (χ3n) is 6.43. The number of unbranched alkanes of at least 4 members (excludes halogenated alkanes) is 8. The molecule has 0 aliphatic rings. The second-order valence-electron chi connectivity index (χ2n) is 9.60. The Labute approximate surface area is 239 Å². The van der Waals surface area contributed by atoms with Crippen LogP contribution in [0.1, 0.15) is 75.8 Å². The summed E-state index contributed by atoms with van der Waals surface area (Å²) in [5.41, 5.74) is 2.51. The Hall–Kier alpha value is -3.92. The smallest absolute Gasteiger partial charge is 0.333 e. The molecule has 0 saturated carbocycles. The fourth-order valence-electron chi connectivity index (χ4n) is 4.16. The molecule has 0 saturated heterocycles. The lowest BCUT2D eigenvalue weighted by atomic mass is 10.0. The average Bonchev–Trinajstić information content (AvgIpc) is 2.97. The van der Waals surface area contributed by atoms with Crippen molar-refractivity contribution in [3.05, 3.63) is 59.7 Å². The fourth-order valence-corrected chi connectivity index (χ4v) is 4.16. The van der Waals surface area contributed by atoms with Crippen LogP contribution in [0.2, 0.25) is 0 Å². The summed E-state index contributed by atoms with van der Waals surface area (Å²) >= 11 is 0. The number of benzene rings is 2. The van der Waals surface area contributed by atoms with Gasteiger partial charge in [0.15, 0.2) is 11.5 Å². The Morgan fingerprint density at radius 3 is 1.82 bits per heavy atom. The van der Waals surface area contributed by atoms with E-state index in [9.17, 15) is 10.1 Å². The van der Waals surface area contributed by atoms with Gasteiger partial charge in [-0.25, -0.2) is 4.79 Å². The molecule has 0 aliphatic carbocycles. The molecule has 0 radical (unpaired) electrons. The highest BCUT2D eigenvalue weighted by Gasteiger charge is 2.15. The van der Waals surface area contributed by atoms with E-state index in [1.54, 1.807) is 40.4 Å². The van der Waals surface area contributed by atoms with Gasteiger partial charge in [0.25, 0.3) is 0 Å². The van der Waals surface area contributed by atoms with Crippen molar-refractivity contribution in [1.82, 2.24) is 0 Å². The first-order valence-electron chi connectivity index (χ1n) is 13.9. The van der Waals surface area contributed by atoms with E-state index >= 15 is 0 Å². The van der Waals surface area contributed by atoms with E-state index in [0.29, 0.717) is 47.2 Å². The molecule has 0 bridgehead atoms. The van der Waals surface area contributed by atoms with Crippen LogP contribution in [0.3, 0.4) is 0 Å². The first kappa shape index (κ1) is 32.3. The molecule has 7 heteroatoms. The van der Waals surface area contributed by atoms with Crippen molar-refractivity contribution in [1.29, 1.82) is 5.26 Å². The molecular weight excluding hydrogens is 506 g/mol. The summed E-state index contributed by atoms with van der Waals surface area (Å²) in [5, 5.41) is 9.79. The Balaban J connectivity index is 1.68. The molecule has 2 aromatic rings. The molecule has 216 valence electrons. The van der Waals surface area contributed by atoms with Gasteiger partial charge in [-0.05, 0) is 61.2 Å². The van der Waals surface area contributed by atoms with E-state index in [2.05, 4.69) is 12.6 Å². The summed E-state index contributed by atoms with van der Waals surface area (Å²) < 4.78 is 27.2. The monoisotopic (exact) mass is 549 g/mol. The maximum atomic E-state index is 11.3. The Kier molecular flexibility index (Phi) is 14.8. The molecule has 0 aliphatic heterocycles. The molecule has 0 unspecified atom stereocenters. The number of carbonyl (C=O) groups is 1. The molecular formula is C33H43NO6. The van der Waals surface area contributed by atoms with E-state index in [4.69, 9.17) is 23.7 Å². The Morgan fingerprint density at radius 2 is 1.35 bits per heavy atom. The number of nitrogens with zero attached hydrogens (tertiary/aromatic N) is 1. The fraction of sp³-hybridized carbons (Fsp3) is 0.455. The summed E-state index contributed by atoms with van der Waals surface area (Å²) in [6.45, 7) is 6.42. The minimum absolute atomic E-state index is 0.295. The molecule has 0 amide bonds. The number of hydrogen-bond acceptors (Lipinski definition) is 7. The number of carbonyl (C=O) groups excluding carboxylic acids is 1. The average molecular weight is 550 g/mol. The van der Waals surface area contributed by atoms with Crippen LogP contribution in [0, 0.1) is 11.3 Å². The molecule has 7 nitrogen and oxygen atoms in total. The van der Waals surface area contributed by atoms with Gasteiger partial charge in [-0.2, -0.15) is 5.26 Å². The van der Waals surface area contributed by atoms with Crippen molar-refractivity contribution in [3.8, 4) is 29.1 Å². The minimum Gasteiger partial charge on any atom is -0.494 e. The van der Waals surface area contributed by atoms with E-state index in [0.717, 1.165) is 37.0 Å². The van der Waals surface area contributed by atoms with Crippen LogP contribution in [0.5, 0.6) is 23.0 Å². The third kappa shape index (κ3) is 11.1. The number of ether oxygens (including phenoxy) is 5. The number of hydrogen-bond donors (Lipinski definition) is 0. The third-order valence-corrected chi connectivity index (χ3v) is 6.43. The largest absolute Gasteiger partial charge is 0.494 e. The molecule has 0 atom stereocenters. The van der Waals surface area contributed by atoms with Gasteiger partial charge in [0.05, 0.1) is 46.2 Å². The summed E-state index contributed by atoms with van der Waals surface area (Å²) in [6, 6.07) is 13.5. The van der Waals surface area contributed by atoms with Gasteiger partial charge in [0, 0.05) is 5.57 Å². The Morgan fingerprint density at radius 1 is 0.825 bits per heavy atom. The predicted molar refractivity (Wildman–Crippen MR) is 159 cm³/mol. The summed E-state index contributed by atoms with van der Waals surface area (Å²) in [6.07, 6.45) is 12.1. The van der Waals surface area contributed by atoms with E-state index in [1.165, 1.54) is 32.1 Å². The quantitative estimate of drug-likeness (QED) is 0.0581. The van der Waals surface area contributed by atoms with E-state index in [-0.39, 0.29) is 5.97 Å². The second kappa shape index (κ2) is 18.4. The second-order valence-corrected chi connectivity index (χ2v) is 9.60. The van der Waals surface area contributed by atoms with Gasteiger partial charge < -0.3 is 23.7 Å². The van der Waals surface area contributed by atoms with Crippen molar-refractivity contribution >= 4 is 17.6 Å². The minimum atomic E-state index is -0.295. The lowest BCUT2D eigenvalue weighted by molar-refractivity contribution is -0.139. The normalized spacial score (nSPS) is 10.9. The van der Waals surface area contributed by atoms with Crippen LogP contribution in [0.25, 0.3) is 11.6 Å². The zero-order chi connectivity index (χ0) is 29.2. The molecule has 2 aromatic carbocycles. The van der Waals surface area contributed by atoms with Crippen molar-refractivity contribution in [2.75, 3.05) is 34.5 Å². The van der Waals surface area contributed by atoms with E-state index in [1.807, 2.05) is 30.3 Å². The molecule has 0 fully saturated rings. The summed E-state index contributed by atoms with van der Waals surface area (Å²) in [4.78, 5) is 11.3. The number of rotatable bonds is 19. The van der Waals surface area contributed by atoms with Crippen LogP contribution in [-0.2, 0) is 9.53 Å². The number of esters is 1. The molecule has 2 rings (SSSR count). The molecule has 0 spiro atoms. The standard InChI is InChI=1S/C33H43NO6/c1-25(2)33(35)40-20-14-12-10-8-6-7-9-11-13-19-39-29-17-15-26(16-18-29)21-28(24-34)27-22-30(36-3)32(38-5)31(23-27)37-4/h15-18,21-23H,1,6-14,19-20H2,2-5H3. The summed E-state index contributed by atoms with van der Waals surface area (Å²) in [5.74, 6) is 2.00. The first-order chi connectivity index (χ1) is 19.4. The number of nitriles is 1. The molecule has 0 N–H and O–H groups in total. The highest BCUT2D eigenvalue weighted by molar-refractivity contribution is 5.91. The first-order valence-corrected chi connectivity index (χ1v) is 13.9. The van der Waals surface area contributed by atoms with Gasteiger partial charge in [0.1, 0.15) is 5.75 Å². The van der Waals surface area contributed by atoms with Crippen LogP contribution < -0.4 is 18.9 Å². The van der Waals surface area contributed by atoms with Crippen LogP contribution in [0.4, 0.5) is 0 Å². The SMILES string of the molecule is C=C(C)C(=O)OCCCCCCCCCCCOc1ccc(C=C(C#N)c2cc(OC)c(OC)c(OC)c2)cc1. The maximum Gasteiger partial charge on any atom is 0.333 e. The zero-order valence-corrected chi connectivity index (χ0v) is 24.4. The van der Waals surface area contributed by atoms with Gasteiger partial charge >= 0.3 is 5.97 Å². The highest BCUT2D eigenvalue weighted by atomic mass is 16.5. The van der Waals surface area contributed by atoms with Crippen LogP contribution >= 0.6 is 0 Å². The molecule has 0 heterocycles. The predicted octanol–water partition coefficient (Wildman–Crippen LogP) is 7.79. The van der Waals surface area contributed by atoms with Crippen molar-refractivity contribution in [3.63, 3.8) is 0 Å². The van der Waals surface area contributed by atoms with Gasteiger partial charge in [-0.15, -0.1) is 0 Å². The van der Waals surface area contributed by atoms with Crippen molar-refractivity contribution < 1.29 is 28.5 Å². The highest BCUT2D eigenvalue weighted by Crippen LogP contribution is 2.40. The van der Waals surface area contributed by atoms with Gasteiger partial charge in [-0.1, -0.05) is 63.7 Å². The lowest BCUT2D eigenvalue weighted by Gasteiger charge is -2.14. The molecule has 40 heavy (non-hydrogen) atoms. The Bertz CT molecular complexity index is 1120. The zero-order valence-electron chi connectivity index (χ0n) is 24.4. The summed E-state index contributed by atoms with van der Waals surface area (Å²) in [7, 11) is 4.65. The van der Waals surface area contributed by atoms with Crippen molar-refractivity contribution in [2.45, 2.75) is 64.7 Å². The van der Waals surface area contributed by atoms with Gasteiger partial charge in [0.2, 0.25) is 5.75 Å². The van der Waals surface area contributed by atoms with E-state index < -0.39 is 0 Å². The lowest BCUT2D eigenvalue weighted by Crippen LogP contribution is -2.05. The number of methoxy groups -OCH3 is 3. The van der Waals surface area contributed by atoms with Gasteiger partial charge in [-0.3, -0.25) is 0 Å².